The van der Waals surface area contributed by atoms with E-state index in [4.69, 9.17) is 4.84 Å². The molecule has 2 aromatic rings. The van der Waals surface area contributed by atoms with Crippen molar-refractivity contribution in [3.8, 4) is 11.1 Å². The lowest BCUT2D eigenvalue weighted by Gasteiger charge is -2.06. The summed E-state index contributed by atoms with van der Waals surface area (Å²) in [6.45, 7) is 2.96. The summed E-state index contributed by atoms with van der Waals surface area (Å²) in [7, 11) is 1.63. The van der Waals surface area contributed by atoms with Crippen molar-refractivity contribution in [3.05, 3.63) is 59.7 Å². The van der Waals surface area contributed by atoms with E-state index in [2.05, 4.69) is 60.9 Å². The van der Waals surface area contributed by atoms with Crippen LogP contribution in [0.5, 0.6) is 0 Å². The highest BCUT2D eigenvalue weighted by molar-refractivity contribution is 5.63. The number of hydroxylamine groups is 1. The van der Waals surface area contributed by atoms with E-state index >= 15 is 0 Å². The highest BCUT2D eigenvalue weighted by atomic mass is 16.6. The van der Waals surface area contributed by atoms with Crippen molar-refractivity contribution in [3.63, 3.8) is 0 Å². The Bertz CT molecular complexity index is 452. The Morgan fingerprint density at radius 1 is 0.850 bits per heavy atom. The smallest absolute Gasteiger partial charge is 0.0572 e. The molecule has 0 aliphatic heterocycles. The molecule has 0 amide bonds. The Morgan fingerprint density at radius 3 is 1.90 bits per heavy atom. The van der Waals surface area contributed by atoms with Gasteiger partial charge in [-0.25, -0.2) is 0 Å². The van der Waals surface area contributed by atoms with Crippen molar-refractivity contribution in [2.24, 2.45) is 0 Å². The van der Waals surface area contributed by atoms with Gasteiger partial charge in [0.15, 0.2) is 0 Å². The minimum absolute atomic E-state index is 0.729. The molecule has 0 aliphatic carbocycles. The zero-order valence-electron chi connectivity index (χ0n) is 12.4. The number of benzene rings is 2. The summed E-state index contributed by atoms with van der Waals surface area (Å²) in [5, 5.41) is 0. The minimum atomic E-state index is 0.729. The van der Waals surface area contributed by atoms with Crippen LogP contribution in [0, 0.1) is 0 Å². The summed E-state index contributed by atoms with van der Waals surface area (Å²) in [5.74, 6) is 0. The first-order valence-corrected chi connectivity index (χ1v) is 7.27. The van der Waals surface area contributed by atoms with E-state index in [1.807, 2.05) is 0 Å². The van der Waals surface area contributed by atoms with Gasteiger partial charge in [0.2, 0.25) is 0 Å². The Labute approximate surface area is 121 Å². The van der Waals surface area contributed by atoms with Gasteiger partial charge in [-0.15, -0.1) is 0 Å². The Morgan fingerprint density at radius 2 is 1.40 bits per heavy atom. The fourth-order valence-electron chi connectivity index (χ4n) is 2.22. The SMILES string of the molecule is CCCCc1ccc(-c2ccc(CNOC)cc2)cc1. The maximum atomic E-state index is 4.86. The van der Waals surface area contributed by atoms with Crippen molar-refractivity contribution in [1.29, 1.82) is 0 Å². The second kappa shape index (κ2) is 7.83. The van der Waals surface area contributed by atoms with E-state index in [1.54, 1.807) is 7.11 Å². The summed E-state index contributed by atoms with van der Waals surface area (Å²) in [6, 6.07) is 17.5. The van der Waals surface area contributed by atoms with Gasteiger partial charge < -0.3 is 4.84 Å². The van der Waals surface area contributed by atoms with Gasteiger partial charge in [-0.05, 0) is 35.1 Å². The van der Waals surface area contributed by atoms with Crippen LogP contribution in [-0.2, 0) is 17.8 Å². The molecule has 0 atom stereocenters. The molecule has 20 heavy (non-hydrogen) atoms. The maximum absolute atomic E-state index is 4.86. The number of nitrogens with one attached hydrogen (secondary N) is 1. The lowest BCUT2D eigenvalue weighted by molar-refractivity contribution is 0.0867. The Kier molecular flexibility index (Phi) is 5.78. The second-order valence-corrected chi connectivity index (χ2v) is 5.02. The van der Waals surface area contributed by atoms with Crippen LogP contribution in [-0.4, -0.2) is 7.11 Å². The van der Waals surface area contributed by atoms with Gasteiger partial charge in [0.1, 0.15) is 0 Å². The number of rotatable bonds is 7. The van der Waals surface area contributed by atoms with Gasteiger partial charge in [-0.3, -0.25) is 0 Å². The average Bonchev–Trinajstić information content (AvgIpc) is 2.52. The van der Waals surface area contributed by atoms with E-state index in [0.717, 1.165) is 6.54 Å². The summed E-state index contributed by atoms with van der Waals surface area (Å²) >= 11 is 0. The molecule has 1 N–H and O–H groups in total. The van der Waals surface area contributed by atoms with E-state index < -0.39 is 0 Å². The lowest BCUT2D eigenvalue weighted by atomic mass is 10.0. The van der Waals surface area contributed by atoms with Crippen LogP contribution in [0.2, 0.25) is 0 Å². The maximum Gasteiger partial charge on any atom is 0.0572 e. The van der Waals surface area contributed by atoms with Gasteiger partial charge in [0.25, 0.3) is 0 Å². The van der Waals surface area contributed by atoms with Crippen molar-refractivity contribution in [2.75, 3.05) is 7.11 Å². The normalized spacial score (nSPS) is 10.7. The quantitative estimate of drug-likeness (QED) is 0.755. The Hall–Kier alpha value is -1.64. The van der Waals surface area contributed by atoms with Crippen molar-refractivity contribution in [2.45, 2.75) is 32.7 Å². The van der Waals surface area contributed by atoms with Gasteiger partial charge >= 0.3 is 0 Å². The first-order valence-electron chi connectivity index (χ1n) is 7.27. The molecule has 0 saturated carbocycles. The average molecular weight is 269 g/mol. The molecule has 0 saturated heterocycles. The van der Waals surface area contributed by atoms with Crippen LogP contribution < -0.4 is 5.48 Å². The molecule has 0 bridgehead atoms. The first-order chi connectivity index (χ1) is 9.83. The van der Waals surface area contributed by atoms with Gasteiger partial charge in [0.05, 0.1) is 7.11 Å². The molecule has 2 heteroatoms. The second-order valence-electron chi connectivity index (χ2n) is 5.02. The molecule has 0 radical (unpaired) electrons. The van der Waals surface area contributed by atoms with Crippen molar-refractivity contribution in [1.82, 2.24) is 5.48 Å². The van der Waals surface area contributed by atoms with E-state index in [9.17, 15) is 0 Å². The zero-order chi connectivity index (χ0) is 14.2. The first kappa shape index (κ1) is 14.8. The predicted molar refractivity (Wildman–Crippen MR) is 84.3 cm³/mol. The van der Waals surface area contributed by atoms with Crippen LogP contribution in [0.1, 0.15) is 30.9 Å². The van der Waals surface area contributed by atoms with Crippen LogP contribution in [0.15, 0.2) is 48.5 Å². The van der Waals surface area contributed by atoms with E-state index in [0.29, 0.717) is 0 Å². The molecule has 106 valence electrons. The molecule has 0 heterocycles. The molecule has 2 nitrogen and oxygen atoms in total. The van der Waals surface area contributed by atoms with Crippen molar-refractivity contribution >= 4 is 0 Å². The summed E-state index contributed by atoms with van der Waals surface area (Å²) in [4.78, 5) is 4.86. The van der Waals surface area contributed by atoms with Crippen LogP contribution in [0.3, 0.4) is 0 Å². The number of unbranched alkanes of at least 4 members (excludes halogenated alkanes) is 1. The zero-order valence-corrected chi connectivity index (χ0v) is 12.4. The fraction of sp³-hybridized carbons (Fsp3) is 0.333. The highest BCUT2D eigenvalue weighted by Crippen LogP contribution is 2.21. The summed E-state index contributed by atoms with van der Waals surface area (Å²) in [6.07, 6.45) is 3.69. The van der Waals surface area contributed by atoms with Crippen molar-refractivity contribution < 1.29 is 4.84 Å². The lowest BCUT2D eigenvalue weighted by Crippen LogP contribution is -2.10. The molecule has 0 spiro atoms. The van der Waals surface area contributed by atoms with Crippen LogP contribution in [0.4, 0.5) is 0 Å². The molecule has 2 aromatic carbocycles. The third kappa shape index (κ3) is 4.19. The molecule has 0 unspecified atom stereocenters. The molecular formula is C18H23NO. The molecule has 0 fully saturated rings. The predicted octanol–water partition coefficient (Wildman–Crippen LogP) is 4.35. The summed E-state index contributed by atoms with van der Waals surface area (Å²) in [5.41, 5.74) is 8.03. The molecular weight excluding hydrogens is 246 g/mol. The largest absolute Gasteiger partial charge is 0.305 e. The highest BCUT2D eigenvalue weighted by Gasteiger charge is 1.99. The topological polar surface area (TPSA) is 21.3 Å². The van der Waals surface area contributed by atoms with Crippen LogP contribution in [0.25, 0.3) is 11.1 Å². The van der Waals surface area contributed by atoms with Gasteiger partial charge in [-0.1, -0.05) is 61.9 Å². The number of hydrogen-bond acceptors (Lipinski definition) is 2. The summed E-state index contributed by atoms with van der Waals surface area (Å²) < 4.78 is 0. The molecule has 0 aromatic heterocycles. The molecule has 0 aliphatic rings. The van der Waals surface area contributed by atoms with Gasteiger partial charge in [0, 0.05) is 6.54 Å². The standard InChI is InChI=1S/C18H23NO/c1-3-4-5-15-6-10-17(11-7-15)18-12-8-16(9-13-18)14-19-20-2/h6-13,19H,3-5,14H2,1-2H3. The Balaban J connectivity index is 2.03. The van der Waals surface area contributed by atoms with Gasteiger partial charge in [-0.2, -0.15) is 5.48 Å². The third-order valence-electron chi connectivity index (χ3n) is 3.48. The fourth-order valence-corrected chi connectivity index (χ4v) is 2.22. The van der Waals surface area contributed by atoms with E-state index in [1.165, 1.54) is 41.5 Å². The van der Waals surface area contributed by atoms with E-state index in [-0.39, 0.29) is 0 Å². The van der Waals surface area contributed by atoms with Crippen LogP contribution >= 0.6 is 0 Å². The minimum Gasteiger partial charge on any atom is -0.305 e. The number of hydrogen-bond donors (Lipinski definition) is 1. The number of aryl methyl sites for hydroxylation is 1. The third-order valence-corrected chi connectivity index (χ3v) is 3.48. The monoisotopic (exact) mass is 269 g/mol. The molecule has 2 rings (SSSR count).